The third-order valence-electron chi connectivity index (χ3n) is 5.75. The number of allylic oxidation sites excluding steroid dienone is 6. The maximum atomic E-state index is 10.6. The molecule has 0 aromatic carbocycles. The van der Waals surface area contributed by atoms with Gasteiger partial charge in [-0.1, -0.05) is 49.3 Å². The van der Waals surface area contributed by atoms with Crippen molar-refractivity contribution in [2.75, 3.05) is 0 Å². The number of aliphatic carboxylic acids is 1. The Kier molecular flexibility index (Phi) is 11.4. The van der Waals surface area contributed by atoms with Crippen LogP contribution in [0.3, 0.4) is 0 Å². The first kappa shape index (κ1) is 24.6. The second-order valence-corrected chi connectivity index (χ2v) is 8.69. The van der Waals surface area contributed by atoms with Gasteiger partial charge >= 0.3 is 5.97 Å². The molecule has 1 saturated carbocycles. The summed E-state index contributed by atoms with van der Waals surface area (Å²) >= 11 is 0. The molecule has 1 rings (SSSR count). The van der Waals surface area contributed by atoms with Crippen LogP contribution >= 0.6 is 0 Å². The fraction of sp³-hybridized carbons (Fsp3) is 0.708. The van der Waals surface area contributed by atoms with Crippen LogP contribution in [0.25, 0.3) is 0 Å². The number of carboxylic acid groups (broad SMARTS) is 1. The summed E-state index contributed by atoms with van der Waals surface area (Å²) in [5.74, 6) is -2.16. The molecule has 4 heteroatoms. The number of carbonyl (C=O) groups is 1. The lowest BCUT2D eigenvalue weighted by Gasteiger charge is -2.15. The molecule has 0 aromatic rings. The van der Waals surface area contributed by atoms with Crippen LogP contribution in [-0.2, 0) is 4.79 Å². The van der Waals surface area contributed by atoms with Crippen molar-refractivity contribution in [3.05, 3.63) is 36.0 Å². The molecule has 0 aromatic heterocycles. The summed E-state index contributed by atoms with van der Waals surface area (Å²) in [4.78, 5) is 10.6. The maximum Gasteiger partial charge on any atom is 0.364 e. The van der Waals surface area contributed by atoms with Gasteiger partial charge in [0, 0.05) is 6.42 Å². The quantitative estimate of drug-likeness (QED) is 0.281. The van der Waals surface area contributed by atoms with Gasteiger partial charge in [-0.15, -0.1) is 0 Å². The number of hydrogen-bond acceptors (Lipinski definition) is 3. The molecular formula is C24H40O4. The van der Waals surface area contributed by atoms with E-state index in [0.717, 1.165) is 18.8 Å². The van der Waals surface area contributed by atoms with Gasteiger partial charge in [0.05, 0.1) is 0 Å². The zero-order valence-electron chi connectivity index (χ0n) is 17.9. The molecule has 0 unspecified atom stereocenters. The van der Waals surface area contributed by atoms with Gasteiger partial charge in [-0.25, -0.2) is 4.79 Å². The summed E-state index contributed by atoms with van der Waals surface area (Å²) in [7, 11) is 0. The van der Waals surface area contributed by atoms with Crippen LogP contribution in [0.4, 0.5) is 0 Å². The highest BCUT2D eigenvalue weighted by Crippen LogP contribution is 2.35. The topological polar surface area (TPSA) is 77.8 Å². The van der Waals surface area contributed by atoms with Crippen LogP contribution in [-0.4, -0.2) is 27.1 Å². The van der Waals surface area contributed by atoms with Crippen LogP contribution in [0.15, 0.2) is 36.0 Å². The van der Waals surface area contributed by atoms with Gasteiger partial charge in [-0.3, -0.25) is 0 Å². The Balaban J connectivity index is 2.27. The Morgan fingerprint density at radius 2 is 1.79 bits per heavy atom. The molecule has 28 heavy (non-hydrogen) atoms. The highest BCUT2D eigenvalue weighted by Gasteiger charge is 2.31. The van der Waals surface area contributed by atoms with Gasteiger partial charge in [-0.05, 0) is 83.0 Å². The number of carboxylic acids is 1. The first-order valence-electron chi connectivity index (χ1n) is 10.9. The summed E-state index contributed by atoms with van der Waals surface area (Å²) in [6.07, 6.45) is 20.8. The summed E-state index contributed by atoms with van der Waals surface area (Å²) in [5.41, 5.74) is 1.40. The number of hydrogen-bond donors (Lipinski definition) is 3. The van der Waals surface area contributed by atoms with Crippen LogP contribution in [0.2, 0.25) is 0 Å². The van der Waals surface area contributed by atoms with E-state index in [2.05, 4.69) is 45.1 Å². The zero-order chi connectivity index (χ0) is 21.0. The summed E-state index contributed by atoms with van der Waals surface area (Å²) in [5, 5.41) is 27.2. The van der Waals surface area contributed by atoms with Crippen molar-refractivity contribution in [1.29, 1.82) is 0 Å². The van der Waals surface area contributed by atoms with Gasteiger partial charge in [0.1, 0.15) is 0 Å². The molecule has 1 aliphatic rings. The highest BCUT2D eigenvalue weighted by atomic mass is 16.5. The molecule has 0 saturated heterocycles. The van der Waals surface area contributed by atoms with Gasteiger partial charge < -0.3 is 15.3 Å². The first-order chi connectivity index (χ1) is 13.2. The summed E-state index contributed by atoms with van der Waals surface area (Å²) < 4.78 is 0. The molecule has 1 fully saturated rings. The maximum absolute atomic E-state index is 10.6. The molecule has 3 N–H and O–H groups in total. The van der Waals surface area contributed by atoms with E-state index in [9.17, 15) is 15.0 Å². The molecule has 0 radical (unpaired) electrons. The lowest BCUT2D eigenvalue weighted by molar-refractivity contribution is -0.205. The van der Waals surface area contributed by atoms with E-state index >= 15 is 0 Å². The van der Waals surface area contributed by atoms with E-state index in [1.54, 1.807) is 0 Å². The molecule has 0 bridgehead atoms. The van der Waals surface area contributed by atoms with Crippen LogP contribution in [0, 0.1) is 17.8 Å². The van der Waals surface area contributed by atoms with Gasteiger partial charge in [0.15, 0.2) is 0 Å². The molecule has 0 heterocycles. The second-order valence-electron chi connectivity index (χ2n) is 8.69. The molecule has 4 nitrogen and oxygen atoms in total. The number of rotatable bonds is 13. The van der Waals surface area contributed by atoms with E-state index in [4.69, 9.17) is 5.11 Å². The minimum absolute atomic E-state index is 0.182. The predicted octanol–water partition coefficient (Wildman–Crippen LogP) is 5.61. The van der Waals surface area contributed by atoms with Crippen molar-refractivity contribution in [1.82, 2.24) is 0 Å². The van der Waals surface area contributed by atoms with Crippen molar-refractivity contribution in [3.63, 3.8) is 0 Å². The van der Waals surface area contributed by atoms with Crippen LogP contribution < -0.4 is 0 Å². The Hall–Kier alpha value is -1.39. The van der Waals surface area contributed by atoms with E-state index in [1.807, 2.05) is 6.08 Å². The van der Waals surface area contributed by atoms with Crippen molar-refractivity contribution >= 4 is 5.97 Å². The van der Waals surface area contributed by atoms with Crippen LogP contribution in [0.5, 0.6) is 0 Å². The lowest BCUT2D eigenvalue weighted by Crippen LogP contribution is -2.37. The SMILES string of the molecule is CC(C)=CCC[C@H](C)CCC=C[C@H]1CCC[C@@H]1CC=CCCC(O)(O)C(=O)O. The normalized spacial score (nSPS) is 21.5. The fourth-order valence-electron chi connectivity index (χ4n) is 3.84. The minimum atomic E-state index is -2.62. The van der Waals surface area contributed by atoms with Crippen molar-refractivity contribution in [2.24, 2.45) is 17.8 Å². The van der Waals surface area contributed by atoms with E-state index in [0.29, 0.717) is 18.3 Å². The van der Waals surface area contributed by atoms with Gasteiger partial charge in [0.2, 0.25) is 0 Å². The smallest absolute Gasteiger partial charge is 0.364 e. The third-order valence-corrected chi connectivity index (χ3v) is 5.75. The van der Waals surface area contributed by atoms with Gasteiger partial charge in [-0.2, -0.15) is 0 Å². The average Bonchev–Trinajstić information content (AvgIpc) is 3.05. The molecule has 0 aliphatic heterocycles. The van der Waals surface area contributed by atoms with Gasteiger partial charge in [0.25, 0.3) is 5.79 Å². The van der Waals surface area contributed by atoms with Crippen LogP contribution in [0.1, 0.15) is 85.0 Å². The average molecular weight is 393 g/mol. The molecule has 3 atom stereocenters. The monoisotopic (exact) mass is 392 g/mol. The van der Waals surface area contributed by atoms with E-state index in [-0.39, 0.29) is 6.42 Å². The van der Waals surface area contributed by atoms with E-state index in [1.165, 1.54) is 44.1 Å². The lowest BCUT2D eigenvalue weighted by atomic mass is 9.91. The fourth-order valence-corrected chi connectivity index (χ4v) is 3.84. The molecule has 160 valence electrons. The largest absolute Gasteiger partial charge is 0.477 e. The predicted molar refractivity (Wildman–Crippen MR) is 115 cm³/mol. The second kappa shape index (κ2) is 12.9. The Bertz CT molecular complexity index is 541. The molecule has 1 aliphatic carbocycles. The zero-order valence-corrected chi connectivity index (χ0v) is 17.9. The summed E-state index contributed by atoms with van der Waals surface area (Å²) in [6, 6.07) is 0. The standard InChI is InChI=1S/C24H40O4/c1-19(2)11-9-13-20(3)12-6-7-15-22-17-10-16-21(22)14-5-4-8-18-24(27,28)23(25)26/h4-5,7,11,15,20-22,27-28H,6,8-10,12-14,16-18H2,1-3H3,(H,25,26)/t20-,21+,22+/m1/s1. The molecule has 0 amide bonds. The third kappa shape index (κ3) is 10.2. The van der Waals surface area contributed by atoms with E-state index < -0.39 is 11.8 Å². The Labute approximate surface area is 171 Å². The van der Waals surface area contributed by atoms with Crippen molar-refractivity contribution in [3.8, 4) is 0 Å². The molecular weight excluding hydrogens is 352 g/mol. The summed E-state index contributed by atoms with van der Waals surface area (Å²) in [6.45, 7) is 6.65. The Morgan fingerprint density at radius 3 is 2.46 bits per heavy atom. The van der Waals surface area contributed by atoms with Crippen molar-refractivity contribution < 1.29 is 20.1 Å². The first-order valence-corrected chi connectivity index (χ1v) is 10.9. The minimum Gasteiger partial charge on any atom is -0.477 e. The Morgan fingerprint density at radius 1 is 1.07 bits per heavy atom. The highest BCUT2D eigenvalue weighted by molar-refractivity contribution is 5.74. The van der Waals surface area contributed by atoms with Crippen molar-refractivity contribution in [2.45, 2.75) is 90.8 Å². The molecule has 0 spiro atoms. The number of aliphatic hydroxyl groups is 2.